The van der Waals surface area contributed by atoms with E-state index in [1.165, 1.54) is 29.2 Å². The molecule has 0 fully saturated rings. The Balaban J connectivity index is 1.74. The van der Waals surface area contributed by atoms with Crippen LogP contribution in [0.1, 0.15) is 15.9 Å². The van der Waals surface area contributed by atoms with Crippen LogP contribution < -0.4 is 5.56 Å². The molecule has 4 rings (SSSR count). The molecule has 0 saturated heterocycles. The minimum absolute atomic E-state index is 0.00758. The molecule has 136 valence electrons. The van der Waals surface area contributed by atoms with Crippen LogP contribution in [-0.2, 0) is 6.54 Å². The van der Waals surface area contributed by atoms with Crippen molar-refractivity contribution in [3.05, 3.63) is 69.1 Å². The van der Waals surface area contributed by atoms with Crippen LogP contribution in [0.25, 0.3) is 17.0 Å². The molecule has 1 aromatic carbocycles. The number of carboxylic acids is 1. The molecular weight excluding hydrogens is 379 g/mol. The molecule has 0 unspecified atom stereocenters. The number of benzene rings is 1. The number of rotatable bonds is 4. The number of aromatic amines is 1. The van der Waals surface area contributed by atoms with Crippen molar-refractivity contribution in [1.82, 2.24) is 29.5 Å². The molecule has 0 bridgehead atoms. The number of carboxylic acid groups (broad SMARTS) is 1. The zero-order valence-corrected chi connectivity index (χ0v) is 14.2. The van der Waals surface area contributed by atoms with Gasteiger partial charge >= 0.3 is 5.97 Å². The average molecular weight is 389 g/mol. The van der Waals surface area contributed by atoms with Crippen molar-refractivity contribution < 1.29 is 14.3 Å². The van der Waals surface area contributed by atoms with Gasteiger partial charge in [0.2, 0.25) is 5.95 Å². The van der Waals surface area contributed by atoms with Crippen LogP contribution in [0, 0.1) is 5.82 Å². The third-order valence-corrected chi connectivity index (χ3v) is 4.16. The Bertz CT molecular complexity index is 1240. The van der Waals surface area contributed by atoms with E-state index in [0.29, 0.717) is 5.56 Å². The van der Waals surface area contributed by atoms with Crippen LogP contribution in [0.4, 0.5) is 4.39 Å². The van der Waals surface area contributed by atoms with Gasteiger partial charge in [-0.05, 0) is 17.7 Å². The van der Waals surface area contributed by atoms with Crippen molar-refractivity contribution in [3.8, 4) is 5.95 Å². The van der Waals surface area contributed by atoms with E-state index in [0.717, 1.165) is 10.9 Å². The number of hydrogen-bond donors (Lipinski definition) is 2. The standard InChI is InChI=1S/C16H10ClFN6O3/c17-10-2-1-8(3-11(10)18)6-23-13-12(5-20-23)21-16(22-14(13)25)24-7-9(4-19-24)15(26)27/h1-5,7H,6H2,(H,26,27)(H,21,22,25). The van der Waals surface area contributed by atoms with Crippen LogP contribution in [0.3, 0.4) is 0 Å². The maximum absolute atomic E-state index is 13.6. The molecule has 11 heteroatoms. The van der Waals surface area contributed by atoms with E-state index >= 15 is 0 Å². The van der Waals surface area contributed by atoms with E-state index in [1.54, 1.807) is 6.07 Å². The third-order valence-electron chi connectivity index (χ3n) is 3.85. The van der Waals surface area contributed by atoms with Crippen LogP contribution in [0.5, 0.6) is 0 Å². The lowest BCUT2D eigenvalue weighted by atomic mass is 10.2. The summed E-state index contributed by atoms with van der Waals surface area (Å²) in [6.45, 7) is 0.145. The summed E-state index contributed by atoms with van der Waals surface area (Å²) in [6.07, 6.45) is 3.76. The van der Waals surface area contributed by atoms with E-state index in [9.17, 15) is 14.0 Å². The van der Waals surface area contributed by atoms with Crippen LogP contribution in [-0.4, -0.2) is 40.6 Å². The molecule has 27 heavy (non-hydrogen) atoms. The molecule has 0 aliphatic heterocycles. The second-order valence-electron chi connectivity index (χ2n) is 5.65. The number of aromatic nitrogens is 6. The first kappa shape index (κ1) is 16.9. The fourth-order valence-electron chi connectivity index (χ4n) is 2.58. The highest BCUT2D eigenvalue weighted by Gasteiger charge is 2.14. The van der Waals surface area contributed by atoms with Crippen molar-refractivity contribution >= 4 is 28.6 Å². The van der Waals surface area contributed by atoms with Crippen molar-refractivity contribution in [2.75, 3.05) is 0 Å². The van der Waals surface area contributed by atoms with Crippen molar-refractivity contribution in [3.63, 3.8) is 0 Å². The summed E-state index contributed by atoms with van der Waals surface area (Å²) >= 11 is 5.67. The molecule has 3 aromatic heterocycles. The molecule has 4 aromatic rings. The first-order valence-corrected chi connectivity index (χ1v) is 7.98. The van der Waals surface area contributed by atoms with E-state index in [1.807, 2.05) is 0 Å². The molecule has 0 aliphatic rings. The average Bonchev–Trinajstić information content (AvgIpc) is 3.26. The monoisotopic (exact) mass is 388 g/mol. The van der Waals surface area contributed by atoms with Gasteiger partial charge in [-0.2, -0.15) is 10.2 Å². The summed E-state index contributed by atoms with van der Waals surface area (Å²) in [5, 5.41) is 17.0. The van der Waals surface area contributed by atoms with Crippen LogP contribution >= 0.6 is 11.6 Å². The number of carbonyl (C=O) groups is 1. The van der Waals surface area contributed by atoms with Gasteiger partial charge in [0.25, 0.3) is 5.56 Å². The number of H-pyrrole nitrogens is 1. The van der Waals surface area contributed by atoms with E-state index < -0.39 is 17.3 Å². The van der Waals surface area contributed by atoms with Gasteiger partial charge in [0.05, 0.1) is 29.5 Å². The van der Waals surface area contributed by atoms with Gasteiger partial charge in [0, 0.05) is 6.20 Å². The van der Waals surface area contributed by atoms with Gasteiger partial charge in [0.15, 0.2) is 5.52 Å². The molecule has 0 atom stereocenters. The molecule has 9 nitrogen and oxygen atoms in total. The van der Waals surface area contributed by atoms with Gasteiger partial charge < -0.3 is 5.11 Å². The lowest BCUT2D eigenvalue weighted by Crippen LogP contribution is -2.17. The summed E-state index contributed by atoms with van der Waals surface area (Å²) in [7, 11) is 0. The zero-order valence-electron chi connectivity index (χ0n) is 13.4. The second kappa shape index (κ2) is 6.32. The Kier molecular flexibility index (Phi) is 3.96. The minimum Gasteiger partial charge on any atom is -0.478 e. The smallest absolute Gasteiger partial charge is 0.338 e. The number of aromatic carboxylic acids is 1. The number of nitrogens with one attached hydrogen (secondary N) is 1. The maximum atomic E-state index is 13.6. The SMILES string of the molecule is O=C(O)c1cnn(-c2nc3cnn(Cc4ccc(Cl)c(F)c4)c3c(=O)[nH]2)c1. The normalized spacial score (nSPS) is 11.2. The van der Waals surface area contributed by atoms with Crippen LogP contribution in [0.2, 0.25) is 5.02 Å². The molecule has 0 radical (unpaired) electrons. The first-order chi connectivity index (χ1) is 12.9. The molecule has 0 saturated carbocycles. The quantitative estimate of drug-likeness (QED) is 0.550. The summed E-state index contributed by atoms with van der Waals surface area (Å²) < 4.78 is 16.1. The van der Waals surface area contributed by atoms with E-state index in [4.69, 9.17) is 16.7 Å². The van der Waals surface area contributed by atoms with Gasteiger partial charge in [-0.25, -0.2) is 18.9 Å². The molecule has 2 N–H and O–H groups in total. The summed E-state index contributed by atoms with van der Waals surface area (Å²) in [6, 6.07) is 4.32. The van der Waals surface area contributed by atoms with Gasteiger partial charge in [-0.15, -0.1) is 0 Å². The lowest BCUT2D eigenvalue weighted by molar-refractivity contribution is 0.0697. The Morgan fingerprint density at radius 2 is 2.11 bits per heavy atom. The predicted molar refractivity (Wildman–Crippen MR) is 92.7 cm³/mol. The Morgan fingerprint density at radius 3 is 2.81 bits per heavy atom. The molecular formula is C16H10ClFN6O3. The molecule has 0 aliphatic carbocycles. The van der Waals surface area contributed by atoms with Crippen molar-refractivity contribution in [2.24, 2.45) is 0 Å². The van der Waals surface area contributed by atoms with E-state index in [-0.39, 0.29) is 34.1 Å². The molecule has 0 amide bonds. The highest BCUT2D eigenvalue weighted by atomic mass is 35.5. The second-order valence-corrected chi connectivity index (χ2v) is 6.06. The fraction of sp³-hybridized carbons (Fsp3) is 0.0625. The molecule has 3 heterocycles. The van der Waals surface area contributed by atoms with Crippen molar-refractivity contribution in [1.29, 1.82) is 0 Å². The summed E-state index contributed by atoms with van der Waals surface area (Å²) in [5.41, 5.74) is 0.520. The van der Waals surface area contributed by atoms with Crippen LogP contribution in [0.15, 0.2) is 41.6 Å². The lowest BCUT2D eigenvalue weighted by Gasteiger charge is -2.05. The number of halogens is 2. The first-order valence-electron chi connectivity index (χ1n) is 7.60. The number of fused-ring (bicyclic) bond motifs is 1. The largest absolute Gasteiger partial charge is 0.478 e. The third kappa shape index (κ3) is 3.06. The van der Waals surface area contributed by atoms with Gasteiger partial charge in [0.1, 0.15) is 11.3 Å². The van der Waals surface area contributed by atoms with Crippen molar-refractivity contribution in [2.45, 2.75) is 6.54 Å². The fourth-order valence-corrected chi connectivity index (χ4v) is 2.70. The number of nitrogens with zero attached hydrogens (tertiary/aromatic N) is 5. The molecule has 0 spiro atoms. The number of hydrogen-bond acceptors (Lipinski definition) is 5. The highest BCUT2D eigenvalue weighted by Crippen LogP contribution is 2.17. The maximum Gasteiger partial charge on any atom is 0.338 e. The topological polar surface area (TPSA) is 119 Å². The van der Waals surface area contributed by atoms with Gasteiger partial charge in [-0.1, -0.05) is 17.7 Å². The Morgan fingerprint density at radius 1 is 1.30 bits per heavy atom. The van der Waals surface area contributed by atoms with Gasteiger partial charge in [-0.3, -0.25) is 14.5 Å². The Hall–Kier alpha value is -3.53. The zero-order chi connectivity index (χ0) is 19.1. The summed E-state index contributed by atoms with van der Waals surface area (Å²) in [5.74, 6) is -1.65. The summed E-state index contributed by atoms with van der Waals surface area (Å²) in [4.78, 5) is 30.2. The van der Waals surface area contributed by atoms with E-state index in [2.05, 4.69) is 20.2 Å². The minimum atomic E-state index is -1.15. The predicted octanol–water partition coefficient (Wildman–Crippen LogP) is 1.84. The Labute approximate surface area is 154 Å². The highest BCUT2D eigenvalue weighted by molar-refractivity contribution is 6.30.